The zero-order chi connectivity index (χ0) is 7.65. The van der Waals surface area contributed by atoms with Crippen molar-refractivity contribution in [2.75, 3.05) is 13.3 Å². The normalized spacial score (nSPS) is 13.3. The van der Waals surface area contributed by atoms with Crippen molar-refractivity contribution in [3.63, 3.8) is 0 Å². The first kappa shape index (κ1) is 9.43. The van der Waals surface area contributed by atoms with Crippen molar-refractivity contribution in [2.24, 2.45) is 0 Å². The van der Waals surface area contributed by atoms with Crippen molar-refractivity contribution < 1.29 is 0 Å². The molecule has 1 heteroatoms. The van der Waals surface area contributed by atoms with E-state index in [4.69, 9.17) is 0 Å². The van der Waals surface area contributed by atoms with Crippen LogP contribution in [0.15, 0.2) is 0 Å². The van der Waals surface area contributed by atoms with E-state index in [0.717, 1.165) is 11.3 Å². The molecular weight excluding hydrogens is 127 g/mol. The predicted molar refractivity (Wildman–Crippen MR) is 49.0 cm³/mol. The smallest absolute Gasteiger partial charge is 0.0302 e. The topological polar surface area (TPSA) is 0 Å². The average Bonchev–Trinajstić information content (AvgIpc) is 1.65. The first-order chi connectivity index (χ1) is 3.89. The van der Waals surface area contributed by atoms with Crippen LogP contribution in [0.25, 0.3) is 0 Å². The fourth-order valence-corrected chi connectivity index (χ4v) is 1.79. The van der Waals surface area contributed by atoms with Crippen molar-refractivity contribution in [1.29, 1.82) is 0 Å². The van der Waals surface area contributed by atoms with Crippen LogP contribution in [0.4, 0.5) is 0 Å². The molecule has 0 heterocycles. The lowest BCUT2D eigenvalue weighted by atomic mass is 10.5. The summed E-state index contributed by atoms with van der Waals surface area (Å²) in [5.41, 5.74) is 1.80. The first-order valence-electron chi connectivity index (χ1n) is 3.72. The maximum absolute atomic E-state index is 2.45. The van der Waals surface area contributed by atoms with Gasteiger partial charge in [-0.1, -0.05) is 27.7 Å². The Morgan fingerprint density at radius 1 is 0.778 bits per heavy atom. The van der Waals surface area contributed by atoms with Gasteiger partial charge in [0.1, 0.15) is 0 Å². The summed E-state index contributed by atoms with van der Waals surface area (Å²) in [4.78, 5) is 0. The lowest BCUT2D eigenvalue weighted by molar-refractivity contribution is 0.992. The third-order valence-corrected chi connectivity index (χ3v) is 7.99. The summed E-state index contributed by atoms with van der Waals surface area (Å²) in [5, 5.41) is 0. The van der Waals surface area contributed by atoms with Gasteiger partial charge in [0.2, 0.25) is 0 Å². The van der Waals surface area contributed by atoms with E-state index in [1.54, 1.807) is 0 Å². The molecule has 0 fully saturated rings. The van der Waals surface area contributed by atoms with Gasteiger partial charge >= 0.3 is 0 Å². The van der Waals surface area contributed by atoms with Gasteiger partial charge in [-0.05, 0) is 24.6 Å². The largest absolute Gasteiger partial charge is 0.126 e. The van der Waals surface area contributed by atoms with Gasteiger partial charge in [0.05, 0.1) is 0 Å². The van der Waals surface area contributed by atoms with Crippen LogP contribution in [0.2, 0.25) is 0 Å². The Labute approximate surface area is 60.4 Å². The second-order valence-electron chi connectivity index (χ2n) is 3.82. The summed E-state index contributed by atoms with van der Waals surface area (Å²) in [7, 11) is -0.586. The molecule has 57 valence electrons. The van der Waals surface area contributed by atoms with Gasteiger partial charge in [-0.2, -0.15) is 0 Å². The Morgan fingerprint density at radius 2 is 1.00 bits per heavy atom. The lowest BCUT2D eigenvalue weighted by Gasteiger charge is -2.36. The average molecular weight is 147 g/mol. The van der Waals surface area contributed by atoms with Gasteiger partial charge in [-0.25, -0.2) is 0 Å². The predicted octanol–water partition coefficient (Wildman–Crippen LogP) is 3.08. The Kier molecular flexibility index (Phi) is 3.16. The third-order valence-electron chi connectivity index (χ3n) is 2.66. The highest BCUT2D eigenvalue weighted by Gasteiger charge is 2.22. The molecule has 0 aromatic carbocycles. The minimum Gasteiger partial charge on any atom is -0.126 e. The zero-order valence-corrected chi connectivity index (χ0v) is 8.50. The van der Waals surface area contributed by atoms with Crippen molar-refractivity contribution in [3.8, 4) is 0 Å². The van der Waals surface area contributed by atoms with E-state index >= 15 is 0 Å². The van der Waals surface area contributed by atoms with Gasteiger partial charge in [0, 0.05) is 0 Å². The summed E-state index contributed by atoms with van der Waals surface area (Å²) in [6.07, 6.45) is 0. The molecule has 0 saturated carbocycles. The summed E-state index contributed by atoms with van der Waals surface area (Å²) in [5.74, 6) is 0. The molecule has 0 rings (SSSR count). The Balaban J connectivity index is 4.01. The molecule has 0 nitrogen and oxygen atoms in total. The quantitative estimate of drug-likeness (QED) is 0.526. The standard InChI is InChI=1S/C8H20P/c1-7(2)9(5,6)8(3)4/h7-8H,1-6H3. The van der Waals surface area contributed by atoms with E-state index in [2.05, 4.69) is 41.0 Å². The van der Waals surface area contributed by atoms with Crippen LogP contribution >= 0.6 is 7.26 Å². The minimum atomic E-state index is -0.586. The molecule has 0 atom stereocenters. The second kappa shape index (κ2) is 3.01. The summed E-state index contributed by atoms with van der Waals surface area (Å²) < 4.78 is 0. The highest BCUT2D eigenvalue weighted by Crippen LogP contribution is 2.59. The summed E-state index contributed by atoms with van der Waals surface area (Å²) in [6, 6.07) is 0. The highest BCUT2D eigenvalue weighted by molar-refractivity contribution is 7.75. The summed E-state index contributed by atoms with van der Waals surface area (Å²) >= 11 is 0. The van der Waals surface area contributed by atoms with E-state index in [9.17, 15) is 0 Å². The van der Waals surface area contributed by atoms with Gasteiger partial charge in [-0.3, -0.25) is 0 Å². The summed E-state index contributed by atoms with van der Waals surface area (Å²) in [6.45, 7) is 14.3. The van der Waals surface area contributed by atoms with Crippen LogP contribution < -0.4 is 0 Å². The zero-order valence-electron chi connectivity index (χ0n) is 7.60. The maximum Gasteiger partial charge on any atom is -0.0302 e. The molecule has 9 heavy (non-hydrogen) atoms. The van der Waals surface area contributed by atoms with Crippen LogP contribution in [0, 0.1) is 0 Å². The number of hydrogen-bond donors (Lipinski definition) is 0. The minimum absolute atomic E-state index is 0.586. The molecule has 0 bridgehead atoms. The lowest BCUT2D eigenvalue weighted by Crippen LogP contribution is -2.12. The van der Waals surface area contributed by atoms with Crippen molar-refractivity contribution >= 4 is 7.26 Å². The third kappa shape index (κ3) is 2.26. The molecule has 0 N–H and O–H groups in total. The van der Waals surface area contributed by atoms with Gasteiger partial charge in [0.15, 0.2) is 0 Å². The molecule has 1 radical (unpaired) electrons. The van der Waals surface area contributed by atoms with Crippen molar-refractivity contribution in [2.45, 2.75) is 39.0 Å². The van der Waals surface area contributed by atoms with Gasteiger partial charge < -0.3 is 0 Å². The van der Waals surface area contributed by atoms with Crippen molar-refractivity contribution in [3.05, 3.63) is 0 Å². The molecule has 0 saturated heterocycles. The molecular formula is C8H20P. The van der Waals surface area contributed by atoms with E-state index < -0.39 is 7.26 Å². The van der Waals surface area contributed by atoms with Crippen LogP contribution in [0.3, 0.4) is 0 Å². The molecule has 0 aliphatic rings. The van der Waals surface area contributed by atoms with E-state index in [-0.39, 0.29) is 0 Å². The fraction of sp³-hybridized carbons (Fsp3) is 1.00. The maximum atomic E-state index is 2.45. The SMILES string of the molecule is CC(C)[P](C)(C)C(C)C. The Hall–Kier alpha value is 0.430. The highest BCUT2D eigenvalue weighted by atomic mass is 31.2. The fourth-order valence-electron chi connectivity index (χ4n) is 0.596. The molecule has 0 aromatic rings. The van der Waals surface area contributed by atoms with Crippen LogP contribution in [0.5, 0.6) is 0 Å². The van der Waals surface area contributed by atoms with Gasteiger partial charge in [-0.15, -0.1) is 7.26 Å². The first-order valence-corrected chi connectivity index (χ1v) is 6.54. The van der Waals surface area contributed by atoms with E-state index in [0.29, 0.717) is 0 Å². The molecule has 0 amide bonds. The molecule has 0 spiro atoms. The molecule has 0 unspecified atom stereocenters. The van der Waals surface area contributed by atoms with Crippen LogP contribution in [-0.4, -0.2) is 24.6 Å². The van der Waals surface area contributed by atoms with Crippen molar-refractivity contribution in [1.82, 2.24) is 0 Å². The van der Waals surface area contributed by atoms with E-state index in [1.807, 2.05) is 0 Å². The molecule has 0 aliphatic carbocycles. The van der Waals surface area contributed by atoms with Gasteiger partial charge in [0.25, 0.3) is 0 Å². The van der Waals surface area contributed by atoms with E-state index in [1.165, 1.54) is 0 Å². The Morgan fingerprint density at radius 3 is 1.00 bits per heavy atom. The van der Waals surface area contributed by atoms with Crippen LogP contribution in [0.1, 0.15) is 27.7 Å². The number of rotatable bonds is 2. The second-order valence-corrected chi connectivity index (χ2v) is 9.14. The number of hydrogen-bond acceptors (Lipinski definition) is 0. The monoisotopic (exact) mass is 147 g/mol. The Bertz CT molecular complexity index is 72.6. The molecule has 0 aromatic heterocycles. The van der Waals surface area contributed by atoms with Crippen LogP contribution in [-0.2, 0) is 0 Å². The molecule has 0 aliphatic heterocycles.